The van der Waals surface area contributed by atoms with E-state index >= 15 is 0 Å². The van der Waals surface area contributed by atoms with Crippen molar-refractivity contribution in [2.75, 3.05) is 29.1 Å². The number of hydrogen-bond acceptors (Lipinski definition) is 5. The maximum Gasteiger partial charge on any atom is 0.255 e. The molecule has 1 aromatic heterocycles. The van der Waals surface area contributed by atoms with Crippen LogP contribution in [0.1, 0.15) is 21.5 Å². The molecule has 0 radical (unpaired) electrons. The lowest BCUT2D eigenvalue weighted by atomic mass is 10.0. The Balaban J connectivity index is 1.18. The fraction of sp³-hybridized carbons (Fsp3) is 0.125. The summed E-state index contributed by atoms with van der Waals surface area (Å²) in [6.07, 6.45) is 2.54. The predicted molar refractivity (Wildman–Crippen MR) is 154 cm³/mol. The molecular formula is C32H29N3O4. The standard InChI is InChI=1S/C32H29N3O4/c33-28-10-4-5-11-29(28)34-32(37)25-15-17-26(18-16-25)38-20-19-35(22-36)31-21-27-24(9-6-12-30(27)39-31)14-13-23-7-2-1-3-8-23/h1-12,15-18,21-22H,13-14,19-20,33H2,(H,34,37). The first kappa shape index (κ1) is 25.6. The summed E-state index contributed by atoms with van der Waals surface area (Å²) < 4.78 is 11.8. The summed E-state index contributed by atoms with van der Waals surface area (Å²) in [6.45, 7) is 0.556. The molecule has 5 aromatic rings. The summed E-state index contributed by atoms with van der Waals surface area (Å²) in [6, 6.07) is 32.1. The van der Waals surface area contributed by atoms with Gasteiger partial charge in [0.25, 0.3) is 5.91 Å². The molecule has 4 aromatic carbocycles. The lowest BCUT2D eigenvalue weighted by molar-refractivity contribution is -0.107. The normalized spacial score (nSPS) is 10.8. The van der Waals surface area contributed by atoms with Crippen molar-refractivity contribution in [2.45, 2.75) is 12.8 Å². The SMILES string of the molecule is Nc1ccccc1NC(=O)c1ccc(OCCN(C=O)c2cc3c(CCc4ccccc4)cccc3o2)cc1. The molecule has 0 unspecified atom stereocenters. The first-order valence-corrected chi connectivity index (χ1v) is 12.8. The van der Waals surface area contributed by atoms with Crippen LogP contribution in [-0.4, -0.2) is 25.5 Å². The van der Waals surface area contributed by atoms with Gasteiger partial charge in [0, 0.05) is 17.0 Å². The molecule has 39 heavy (non-hydrogen) atoms. The molecule has 3 N–H and O–H groups in total. The molecule has 0 fully saturated rings. The van der Waals surface area contributed by atoms with Crippen molar-refractivity contribution in [2.24, 2.45) is 0 Å². The van der Waals surface area contributed by atoms with Gasteiger partial charge in [-0.1, -0.05) is 54.6 Å². The maximum absolute atomic E-state index is 12.5. The van der Waals surface area contributed by atoms with Crippen molar-refractivity contribution >= 4 is 40.5 Å². The summed E-state index contributed by atoms with van der Waals surface area (Å²) in [5.74, 6) is 0.798. The van der Waals surface area contributed by atoms with Gasteiger partial charge in [0.05, 0.1) is 17.9 Å². The number of rotatable bonds is 11. The van der Waals surface area contributed by atoms with Crippen LogP contribution >= 0.6 is 0 Å². The summed E-state index contributed by atoms with van der Waals surface area (Å²) in [4.78, 5) is 25.9. The molecule has 0 atom stereocenters. The smallest absolute Gasteiger partial charge is 0.255 e. The second kappa shape index (κ2) is 12.0. The number of carbonyl (C=O) groups excluding carboxylic acids is 2. The number of fused-ring (bicyclic) bond motifs is 1. The Bertz CT molecular complexity index is 1560. The zero-order chi connectivity index (χ0) is 27.0. The molecule has 0 saturated heterocycles. The van der Waals surface area contributed by atoms with E-state index in [0.717, 1.165) is 30.2 Å². The van der Waals surface area contributed by atoms with E-state index in [1.807, 2.05) is 48.5 Å². The van der Waals surface area contributed by atoms with Crippen LogP contribution < -0.4 is 20.7 Å². The van der Waals surface area contributed by atoms with Crippen LogP contribution in [0.25, 0.3) is 11.0 Å². The van der Waals surface area contributed by atoms with Crippen LogP contribution in [0.4, 0.5) is 17.3 Å². The van der Waals surface area contributed by atoms with E-state index in [9.17, 15) is 9.59 Å². The summed E-state index contributed by atoms with van der Waals surface area (Å²) >= 11 is 0. The van der Waals surface area contributed by atoms with Crippen molar-refractivity contribution in [1.82, 2.24) is 0 Å². The van der Waals surface area contributed by atoms with E-state index < -0.39 is 0 Å². The number of furan rings is 1. The fourth-order valence-electron chi connectivity index (χ4n) is 4.38. The molecule has 0 aliphatic rings. The monoisotopic (exact) mass is 519 g/mol. The fourth-order valence-corrected chi connectivity index (χ4v) is 4.38. The highest BCUT2D eigenvalue weighted by atomic mass is 16.5. The van der Waals surface area contributed by atoms with E-state index in [2.05, 4.69) is 23.5 Å². The summed E-state index contributed by atoms with van der Waals surface area (Å²) in [7, 11) is 0. The molecule has 0 aliphatic heterocycles. The van der Waals surface area contributed by atoms with Crippen molar-refractivity contribution in [3.63, 3.8) is 0 Å². The highest BCUT2D eigenvalue weighted by Crippen LogP contribution is 2.29. The topological polar surface area (TPSA) is 97.8 Å². The van der Waals surface area contributed by atoms with Gasteiger partial charge in [0.1, 0.15) is 17.9 Å². The largest absolute Gasteiger partial charge is 0.492 e. The Morgan fingerprint density at radius 2 is 1.67 bits per heavy atom. The number of anilines is 3. The molecule has 0 bridgehead atoms. The van der Waals surface area contributed by atoms with E-state index in [-0.39, 0.29) is 12.5 Å². The van der Waals surface area contributed by atoms with E-state index in [1.165, 1.54) is 16.0 Å². The summed E-state index contributed by atoms with van der Waals surface area (Å²) in [5, 5.41) is 3.80. The molecule has 0 saturated carbocycles. The minimum Gasteiger partial charge on any atom is -0.492 e. The number of nitrogen functional groups attached to an aromatic ring is 1. The van der Waals surface area contributed by atoms with Crippen molar-refractivity contribution in [3.8, 4) is 5.75 Å². The number of carbonyl (C=O) groups is 2. The molecule has 0 spiro atoms. The minimum atomic E-state index is -0.264. The predicted octanol–water partition coefficient (Wildman–Crippen LogP) is 6.09. The van der Waals surface area contributed by atoms with Gasteiger partial charge in [-0.3, -0.25) is 14.5 Å². The highest BCUT2D eigenvalue weighted by Gasteiger charge is 2.14. The number of nitrogens with one attached hydrogen (secondary N) is 1. The van der Waals surface area contributed by atoms with Crippen molar-refractivity contribution in [1.29, 1.82) is 0 Å². The Hall–Kier alpha value is -5.04. The number of nitrogens with zero attached hydrogens (tertiary/aromatic N) is 1. The Morgan fingerprint density at radius 1 is 0.897 bits per heavy atom. The van der Waals surface area contributed by atoms with Gasteiger partial charge in [-0.15, -0.1) is 0 Å². The Kier molecular flexibility index (Phi) is 7.88. The zero-order valence-electron chi connectivity index (χ0n) is 21.4. The van der Waals surface area contributed by atoms with Crippen LogP contribution in [0.15, 0.2) is 108 Å². The van der Waals surface area contributed by atoms with Gasteiger partial charge in [-0.25, -0.2) is 0 Å². The number of amides is 2. The minimum absolute atomic E-state index is 0.253. The molecule has 1 heterocycles. The Labute approximate surface area is 226 Å². The number of benzene rings is 4. The molecule has 5 rings (SSSR count). The summed E-state index contributed by atoms with van der Waals surface area (Å²) in [5.41, 5.74) is 10.6. The number of hydrogen-bond donors (Lipinski definition) is 2. The molecule has 196 valence electrons. The maximum atomic E-state index is 12.5. The van der Waals surface area contributed by atoms with E-state index in [1.54, 1.807) is 36.4 Å². The van der Waals surface area contributed by atoms with Crippen molar-refractivity contribution in [3.05, 3.63) is 120 Å². The highest BCUT2D eigenvalue weighted by molar-refractivity contribution is 6.05. The third-order valence-electron chi connectivity index (χ3n) is 6.50. The molecule has 0 aliphatic carbocycles. The average Bonchev–Trinajstić information content (AvgIpc) is 3.41. The van der Waals surface area contributed by atoms with Crippen LogP contribution in [0.2, 0.25) is 0 Å². The number of aryl methyl sites for hydroxylation is 2. The van der Waals surface area contributed by atoms with Gasteiger partial charge < -0.3 is 20.2 Å². The number of nitrogens with two attached hydrogens (primary N) is 1. The first-order chi connectivity index (χ1) is 19.1. The molecule has 7 heteroatoms. The van der Waals surface area contributed by atoms with Gasteiger partial charge >= 0.3 is 0 Å². The van der Waals surface area contributed by atoms with Crippen molar-refractivity contribution < 1.29 is 18.7 Å². The van der Waals surface area contributed by atoms with Crippen LogP contribution in [0.5, 0.6) is 5.75 Å². The third kappa shape index (κ3) is 6.27. The van der Waals surface area contributed by atoms with Crippen LogP contribution in [0.3, 0.4) is 0 Å². The van der Waals surface area contributed by atoms with Gasteiger partial charge in [0.2, 0.25) is 12.3 Å². The van der Waals surface area contributed by atoms with Gasteiger partial charge in [0.15, 0.2) is 0 Å². The zero-order valence-corrected chi connectivity index (χ0v) is 21.4. The number of ether oxygens (including phenoxy) is 1. The molecule has 2 amide bonds. The molecular weight excluding hydrogens is 490 g/mol. The van der Waals surface area contributed by atoms with Gasteiger partial charge in [-0.2, -0.15) is 0 Å². The second-order valence-electron chi connectivity index (χ2n) is 9.11. The Morgan fingerprint density at radius 3 is 2.44 bits per heavy atom. The number of para-hydroxylation sites is 2. The molecule has 7 nitrogen and oxygen atoms in total. The quantitative estimate of drug-likeness (QED) is 0.162. The lowest BCUT2D eigenvalue weighted by Gasteiger charge is -2.14. The van der Waals surface area contributed by atoms with Gasteiger partial charge in [-0.05, 0) is 66.4 Å². The van der Waals surface area contributed by atoms with Crippen LogP contribution in [0, 0.1) is 0 Å². The lowest BCUT2D eigenvalue weighted by Crippen LogP contribution is -2.26. The first-order valence-electron chi connectivity index (χ1n) is 12.8. The average molecular weight is 520 g/mol. The van der Waals surface area contributed by atoms with E-state index in [4.69, 9.17) is 14.9 Å². The van der Waals surface area contributed by atoms with Crippen LogP contribution in [-0.2, 0) is 17.6 Å². The second-order valence-corrected chi connectivity index (χ2v) is 9.11. The third-order valence-corrected chi connectivity index (χ3v) is 6.50. The van der Waals surface area contributed by atoms with E-state index in [0.29, 0.717) is 35.1 Å².